The standard InChI is InChI=1S/C20H27FN4O2/c1-3-20(4-2,13-22)19(26)25-10-6-8-15(12-25)18-23-17(24-27-18)14-7-5-9-16(21)11-14/h5,7,9,11,15H,3-4,6,8,10,12-13,22H2,1-2H3. The summed E-state index contributed by atoms with van der Waals surface area (Å²) >= 11 is 0. The Balaban J connectivity index is 1.76. The van der Waals surface area contributed by atoms with Crippen molar-refractivity contribution in [1.29, 1.82) is 0 Å². The highest BCUT2D eigenvalue weighted by Crippen LogP contribution is 2.33. The molecule has 2 N–H and O–H groups in total. The zero-order chi connectivity index (χ0) is 19.4. The molecule has 1 amide bonds. The molecular weight excluding hydrogens is 347 g/mol. The van der Waals surface area contributed by atoms with Crippen molar-refractivity contribution in [2.45, 2.75) is 45.4 Å². The van der Waals surface area contributed by atoms with Gasteiger partial charge in [0, 0.05) is 25.2 Å². The zero-order valence-corrected chi connectivity index (χ0v) is 15.9. The number of likely N-dealkylation sites (tertiary alicyclic amines) is 1. The summed E-state index contributed by atoms with van der Waals surface area (Å²) in [7, 11) is 0. The summed E-state index contributed by atoms with van der Waals surface area (Å²) in [5, 5.41) is 3.99. The molecule has 2 aromatic rings. The van der Waals surface area contributed by atoms with Crippen LogP contribution in [0.1, 0.15) is 51.3 Å². The number of nitrogens with two attached hydrogens (primary N) is 1. The second-order valence-electron chi connectivity index (χ2n) is 7.25. The summed E-state index contributed by atoms with van der Waals surface area (Å²) in [5.74, 6) is 0.626. The van der Waals surface area contributed by atoms with E-state index in [1.165, 1.54) is 12.1 Å². The Morgan fingerprint density at radius 3 is 2.85 bits per heavy atom. The summed E-state index contributed by atoms with van der Waals surface area (Å²) in [5.41, 5.74) is 6.02. The first-order valence-corrected chi connectivity index (χ1v) is 9.62. The number of carbonyl (C=O) groups is 1. The van der Waals surface area contributed by atoms with Gasteiger partial charge in [-0.2, -0.15) is 4.98 Å². The third-order valence-corrected chi connectivity index (χ3v) is 5.78. The summed E-state index contributed by atoms with van der Waals surface area (Å²) < 4.78 is 18.9. The van der Waals surface area contributed by atoms with Crippen LogP contribution in [0.25, 0.3) is 11.4 Å². The van der Waals surface area contributed by atoms with E-state index in [2.05, 4.69) is 10.1 Å². The Labute approximate surface area is 158 Å². The Bertz CT molecular complexity index is 780. The Hall–Kier alpha value is -2.28. The van der Waals surface area contributed by atoms with Crippen molar-refractivity contribution >= 4 is 5.91 Å². The molecule has 1 aliphatic heterocycles. The first-order chi connectivity index (χ1) is 13.0. The van der Waals surface area contributed by atoms with Crippen LogP contribution in [0.3, 0.4) is 0 Å². The highest BCUT2D eigenvalue weighted by Gasteiger charge is 2.39. The van der Waals surface area contributed by atoms with Gasteiger partial charge >= 0.3 is 0 Å². The second-order valence-corrected chi connectivity index (χ2v) is 7.25. The molecule has 3 rings (SSSR count). The van der Waals surface area contributed by atoms with Crippen LogP contribution in [-0.2, 0) is 4.79 Å². The SMILES string of the molecule is CCC(CC)(CN)C(=O)N1CCCC(c2nc(-c3cccc(F)c3)no2)C1. The van der Waals surface area contributed by atoms with Crippen LogP contribution in [0.2, 0.25) is 0 Å². The van der Waals surface area contributed by atoms with Crippen LogP contribution in [0.4, 0.5) is 4.39 Å². The molecule has 2 heterocycles. The lowest BCUT2D eigenvalue weighted by Gasteiger charge is -2.38. The summed E-state index contributed by atoms with van der Waals surface area (Å²) in [6, 6.07) is 6.11. The van der Waals surface area contributed by atoms with Gasteiger partial charge in [0.05, 0.1) is 11.3 Å². The van der Waals surface area contributed by atoms with Crippen molar-refractivity contribution in [2.24, 2.45) is 11.1 Å². The van der Waals surface area contributed by atoms with Gasteiger partial charge in [0.15, 0.2) is 0 Å². The number of piperidine rings is 1. The molecule has 6 nitrogen and oxygen atoms in total. The number of hydrogen-bond donors (Lipinski definition) is 1. The van der Waals surface area contributed by atoms with Gasteiger partial charge in [-0.25, -0.2) is 4.39 Å². The molecule has 0 saturated carbocycles. The van der Waals surface area contributed by atoms with E-state index in [0.717, 1.165) is 32.2 Å². The topological polar surface area (TPSA) is 85.3 Å². The maximum Gasteiger partial charge on any atom is 0.231 e. The van der Waals surface area contributed by atoms with Crippen LogP contribution < -0.4 is 5.73 Å². The third-order valence-electron chi connectivity index (χ3n) is 5.78. The van der Waals surface area contributed by atoms with Crippen LogP contribution in [0.5, 0.6) is 0 Å². The molecule has 1 aliphatic rings. The molecule has 1 aromatic heterocycles. The lowest BCUT2D eigenvalue weighted by Crippen LogP contribution is -2.50. The molecule has 7 heteroatoms. The van der Waals surface area contributed by atoms with Crippen LogP contribution in [-0.4, -0.2) is 40.6 Å². The maximum atomic E-state index is 13.4. The number of amides is 1. The fraction of sp³-hybridized carbons (Fsp3) is 0.550. The number of rotatable bonds is 6. The number of hydrogen-bond acceptors (Lipinski definition) is 5. The number of benzene rings is 1. The van der Waals surface area contributed by atoms with E-state index in [1.807, 2.05) is 18.7 Å². The van der Waals surface area contributed by atoms with Crippen LogP contribution in [0, 0.1) is 11.2 Å². The highest BCUT2D eigenvalue weighted by molar-refractivity contribution is 5.83. The second kappa shape index (κ2) is 8.17. The normalized spacial score (nSPS) is 17.9. The molecule has 1 aromatic carbocycles. The molecule has 1 atom stereocenters. The highest BCUT2D eigenvalue weighted by atomic mass is 19.1. The minimum atomic E-state index is -0.497. The van der Waals surface area contributed by atoms with E-state index in [9.17, 15) is 9.18 Å². The lowest BCUT2D eigenvalue weighted by atomic mass is 9.80. The fourth-order valence-electron chi connectivity index (χ4n) is 3.77. The van der Waals surface area contributed by atoms with E-state index < -0.39 is 5.41 Å². The minimum absolute atomic E-state index is 0.0123. The Morgan fingerprint density at radius 2 is 2.19 bits per heavy atom. The summed E-state index contributed by atoms with van der Waals surface area (Å²) in [4.78, 5) is 19.4. The fourth-order valence-corrected chi connectivity index (χ4v) is 3.77. The average molecular weight is 374 g/mol. The van der Waals surface area contributed by atoms with E-state index in [-0.39, 0.29) is 17.6 Å². The smallest absolute Gasteiger partial charge is 0.231 e. The van der Waals surface area contributed by atoms with Crippen molar-refractivity contribution < 1.29 is 13.7 Å². The third kappa shape index (κ3) is 3.88. The first-order valence-electron chi connectivity index (χ1n) is 9.62. The molecule has 1 fully saturated rings. The molecule has 27 heavy (non-hydrogen) atoms. The van der Waals surface area contributed by atoms with Gasteiger partial charge in [-0.05, 0) is 37.8 Å². The molecule has 0 spiro atoms. The number of nitrogens with zero attached hydrogens (tertiary/aromatic N) is 3. The predicted molar refractivity (Wildman–Crippen MR) is 100 cm³/mol. The quantitative estimate of drug-likeness (QED) is 0.838. The summed E-state index contributed by atoms with van der Waals surface area (Å²) in [6.07, 6.45) is 3.21. The van der Waals surface area contributed by atoms with E-state index in [0.29, 0.717) is 30.4 Å². The Morgan fingerprint density at radius 1 is 1.41 bits per heavy atom. The van der Waals surface area contributed by atoms with Gasteiger partial charge in [-0.1, -0.05) is 31.1 Å². The monoisotopic (exact) mass is 374 g/mol. The van der Waals surface area contributed by atoms with Crippen molar-refractivity contribution in [3.63, 3.8) is 0 Å². The predicted octanol–water partition coefficient (Wildman–Crippen LogP) is 3.35. The first kappa shape index (κ1) is 19.5. The largest absolute Gasteiger partial charge is 0.341 e. The van der Waals surface area contributed by atoms with Gasteiger partial charge in [0.1, 0.15) is 5.82 Å². The summed E-state index contributed by atoms with van der Waals surface area (Å²) in [6.45, 7) is 5.65. The van der Waals surface area contributed by atoms with E-state index in [1.54, 1.807) is 12.1 Å². The lowest BCUT2D eigenvalue weighted by molar-refractivity contribution is -0.143. The van der Waals surface area contributed by atoms with Gasteiger partial charge in [-0.15, -0.1) is 0 Å². The van der Waals surface area contributed by atoms with Crippen molar-refractivity contribution in [1.82, 2.24) is 15.0 Å². The van der Waals surface area contributed by atoms with Crippen molar-refractivity contribution in [3.05, 3.63) is 36.0 Å². The van der Waals surface area contributed by atoms with Crippen LogP contribution in [0.15, 0.2) is 28.8 Å². The number of carbonyl (C=O) groups excluding carboxylic acids is 1. The van der Waals surface area contributed by atoms with Gasteiger partial charge in [0.25, 0.3) is 0 Å². The molecule has 1 unspecified atom stereocenters. The van der Waals surface area contributed by atoms with E-state index in [4.69, 9.17) is 10.3 Å². The maximum absolute atomic E-state index is 13.4. The van der Waals surface area contributed by atoms with Crippen molar-refractivity contribution in [3.8, 4) is 11.4 Å². The minimum Gasteiger partial charge on any atom is -0.341 e. The molecule has 146 valence electrons. The average Bonchev–Trinajstić information content (AvgIpc) is 3.20. The van der Waals surface area contributed by atoms with Crippen LogP contribution >= 0.6 is 0 Å². The molecule has 0 bridgehead atoms. The molecular formula is C20H27FN4O2. The number of halogens is 1. The molecule has 1 saturated heterocycles. The van der Waals surface area contributed by atoms with Crippen molar-refractivity contribution in [2.75, 3.05) is 19.6 Å². The molecule has 0 radical (unpaired) electrons. The molecule has 0 aliphatic carbocycles. The van der Waals surface area contributed by atoms with E-state index >= 15 is 0 Å². The Kier molecular flexibility index (Phi) is 5.89. The number of aromatic nitrogens is 2. The van der Waals surface area contributed by atoms with Gasteiger partial charge < -0.3 is 15.2 Å². The zero-order valence-electron chi connectivity index (χ0n) is 15.9. The van der Waals surface area contributed by atoms with Gasteiger partial charge in [-0.3, -0.25) is 4.79 Å². The van der Waals surface area contributed by atoms with Gasteiger partial charge in [0.2, 0.25) is 17.6 Å².